The van der Waals surface area contributed by atoms with Gasteiger partial charge in [0.1, 0.15) is 0 Å². The van der Waals surface area contributed by atoms with Crippen molar-refractivity contribution in [2.24, 2.45) is 0 Å². The van der Waals surface area contributed by atoms with Crippen molar-refractivity contribution in [1.29, 1.82) is 0 Å². The third kappa shape index (κ3) is 7.64. The monoisotopic (exact) mass is 238 g/mol. The second kappa shape index (κ2) is 6.69. The average molecular weight is 238 g/mol. The van der Waals surface area contributed by atoms with E-state index in [4.69, 9.17) is 24.7 Å². The molecule has 0 aromatic rings. The quantitative estimate of drug-likeness (QED) is 0.273. The van der Waals surface area contributed by atoms with E-state index in [1.807, 2.05) is 0 Å². The Morgan fingerprint density at radius 1 is 0.833 bits per heavy atom. The molecule has 0 atom stereocenters. The smallest absolute Gasteiger partial charge is 0.366 e. The Kier molecular flexibility index (Phi) is 11.0. The summed E-state index contributed by atoms with van der Waals surface area (Å²) < 4.78 is 19.9. The van der Waals surface area contributed by atoms with Gasteiger partial charge < -0.3 is 24.7 Å². The van der Waals surface area contributed by atoms with E-state index in [1.54, 1.807) is 0 Å². The Morgan fingerprint density at radius 3 is 1.00 bits per heavy atom. The van der Waals surface area contributed by atoms with E-state index < -0.39 is 20.8 Å². The maximum Gasteiger partial charge on any atom is 0.366 e. The van der Waals surface area contributed by atoms with E-state index in [0.717, 1.165) is 0 Å². The maximum absolute atomic E-state index is 9.93. The molecule has 64 valence electrons. The second-order valence-corrected chi connectivity index (χ2v) is 5.27. The first kappa shape index (κ1) is 19.8. The van der Waals surface area contributed by atoms with Crippen molar-refractivity contribution in [3.8, 4) is 0 Å². The summed E-state index contributed by atoms with van der Waals surface area (Å²) in [5.41, 5.74) is -2.90. The van der Waals surface area contributed by atoms with Gasteiger partial charge in [0.05, 0.1) is 0 Å². The van der Waals surface area contributed by atoms with Crippen LogP contribution in [0.4, 0.5) is 0 Å². The Labute approximate surface area is 112 Å². The number of hydrogen-bond acceptors (Lipinski definition) is 3. The topological polar surface area (TPSA) is 135 Å². The van der Waals surface area contributed by atoms with Crippen LogP contribution in [0.25, 0.3) is 0 Å². The van der Waals surface area contributed by atoms with Crippen LogP contribution >= 0.6 is 15.2 Å². The predicted octanol–water partition coefficient (Wildman–Crippen LogP) is -2.14. The maximum atomic E-state index is 9.93. The standard InChI is InChI=1S/CH6O7P2.2Na/c2-1(9(3,4)5)10(6,7)8;;/h1-2H,(H2,3,4,5)(H2,6,7,8);;. The fraction of sp³-hybridized carbons (Fsp3) is 1.00. The molecule has 0 aromatic carbocycles. The summed E-state index contributed by atoms with van der Waals surface area (Å²) in [6.45, 7) is 0. The summed E-state index contributed by atoms with van der Waals surface area (Å²) in [6.07, 6.45) is 0. The minimum Gasteiger partial charge on any atom is -0.370 e. The molecular weight excluding hydrogens is 232 g/mol. The Morgan fingerprint density at radius 2 is 1.00 bits per heavy atom. The number of hydrogen-bond donors (Lipinski definition) is 5. The molecule has 0 aliphatic carbocycles. The van der Waals surface area contributed by atoms with Gasteiger partial charge in [-0.25, -0.2) is 0 Å². The first-order valence-electron chi connectivity index (χ1n) is 1.94. The molecule has 0 aromatic heterocycles. The molecule has 0 rings (SSSR count). The van der Waals surface area contributed by atoms with Gasteiger partial charge in [-0.15, -0.1) is 0 Å². The minimum absolute atomic E-state index is 0. The van der Waals surface area contributed by atoms with Crippen molar-refractivity contribution >= 4 is 74.3 Å². The van der Waals surface area contributed by atoms with Crippen LogP contribution in [0.1, 0.15) is 0 Å². The van der Waals surface area contributed by atoms with Crippen molar-refractivity contribution in [3.63, 3.8) is 0 Å². The Hall–Kier alpha value is 2.26. The van der Waals surface area contributed by atoms with Crippen LogP contribution < -0.4 is 0 Å². The molecule has 12 heavy (non-hydrogen) atoms. The van der Waals surface area contributed by atoms with Crippen molar-refractivity contribution in [3.05, 3.63) is 0 Å². The molecule has 0 fully saturated rings. The van der Waals surface area contributed by atoms with Crippen LogP contribution in [-0.2, 0) is 9.13 Å². The zero-order valence-electron chi connectivity index (χ0n) is 6.52. The molecule has 0 aliphatic rings. The number of aliphatic hydroxyl groups excluding tert-OH is 1. The SMILES string of the molecule is O=P(O)(O)C(O)P(=O)(O)O.[Na].[Na]. The van der Waals surface area contributed by atoms with E-state index in [0.29, 0.717) is 0 Å². The minimum atomic E-state index is -5.09. The molecule has 0 aliphatic heterocycles. The second-order valence-electron chi connectivity index (χ2n) is 1.52. The van der Waals surface area contributed by atoms with Gasteiger partial charge in [0.2, 0.25) is 0 Å². The summed E-state index contributed by atoms with van der Waals surface area (Å²) in [6, 6.07) is 0. The molecule has 11 heteroatoms. The molecule has 0 amide bonds. The van der Waals surface area contributed by atoms with E-state index in [1.165, 1.54) is 0 Å². The molecule has 0 unspecified atom stereocenters. The van der Waals surface area contributed by atoms with Crippen LogP contribution in [-0.4, -0.2) is 89.4 Å². The zero-order valence-corrected chi connectivity index (χ0v) is 12.3. The summed E-state index contributed by atoms with van der Waals surface area (Å²) in [4.78, 5) is 32.0. The molecule has 0 saturated carbocycles. The van der Waals surface area contributed by atoms with Crippen LogP contribution in [0.15, 0.2) is 0 Å². The van der Waals surface area contributed by atoms with Crippen molar-refractivity contribution < 1.29 is 33.8 Å². The first-order chi connectivity index (χ1) is 4.15. The van der Waals surface area contributed by atoms with Crippen LogP contribution in [0.3, 0.4) is 0 Å². The van der Waals surface area contributed by atoms with E-state index in [-0.39, 0.29) is 59.1 Å². The van der Waals surface area contributed by atoms with Gasteiger partial charge in [0.25, 0.3) is 5.59 Å². The number of aliphatic hydroxyl groups is 1. The normalized spacial score (nSPS) is 11.8. The van der Waals surface area contributed by atoms with E-state index in [2.05, 4.69) is 0 Å². The van der Waals surface area contributed by atoms with Gasteiger partial charge in [-0.3, -0.25) is 9.13 Å². The van der Waals surface area contributed by atoms with Crippen molar-refractivity contribution in [1.82, 2.24) is 0 Å². The molecule has 7 nitrogen and oxygen atoms in total. The van der Waals surface area contributed by atoms with Gasteiger partial charge in [0.15, 0.2) is 0 Å². The molecule has 5 N–H and O–H groups in total. The fourth-order valence-electron chi connectivity index (χ4n) is 0.196. The van der Waals surface area contributed by atoms with E-state index >= 15 is 0 Å². The summed E-state index contributed by atoms with van der Waals surface area (Å²) in [5.74, 6) is 0. The molecule has 0 saturated heterocycles. The zero-order chi connectivity index (χ0) is 8.58. The van der Waals surface area contributed by atoms with Crippen LogP contribution in [0, 0.1) is 0 Å². The Bertz CT molecular complexity index is 181. The van der Waals surface area contributed by atoms with Crippen LogP contribution in [0.5, 0.6) is 0 Å². The third-order valence-electron chi connectivity index (χ3n) is 0.602. The van der Waals surface area contributed by atoms with Gasteiger partial charge in [-0.05, 0) is 0 Å². The van der Waals surface area contributed by atoms with Gasteiger partial charge in [-0.2, -0.15) is 0 Å². The number of rotatable bonds is 2. The van der Waals surface area contributed by atoms with Gasteiger partial charge in [0, 0.05) is 59.1 Å². The third-order valence-corrected chi connectivity index (χ3v) is 3.61. The first-order valence-corrected chi connectivity index (χ1v) is 5.30. The van der Waals surface area contributed by atoms with Gasteiger partial charge >= 0.3 is 15.2 Å². The Balaban J connectivity index is -0.000000405. The summed E-state index contributed by atoms with van der Waals surface area (Å²) >= 11 is 0. The fourth-order valence-corrected chi connectivity index (χ4v) is 1.76. The van der Waals surface area contributed by atoms with Crippen LogP contribution in [0.2, 0.25) is 0 Å². The van der Waals surface area contributed by atoms with E-state index in [9.17, 15) is 9.13 Å². The molecule has 2 radical (unpaired) electrons. The molecule has 0 spiro atoms. The van der Waals surface area contributed by atoms with Crippen molar-refractivity contribution in [2.75, 3.05) is 0 Å². The summed E-state index contributed by atoms with van der Waals surface area (Å²) in [7, 11) is -10.2. The molecule has 0 heterocycles. The van der Waals surface area contributed by atoms with Gasteiger partial charge in [-0.1, -0.05) is 0 Å². The molecular formula is CH6Na2O7P2. The molecule has 0 bridgehead atoms. The average Bonchev–Trinajstić information content (AvgIpc) is 1.59. The summed E-state index contributed by atoms with van der Waals surface area (Å²) in [5, 5.41) is 8.20. The largest absolute Gasteiger partial charge is 0.370 e. The van der Waals surface area contributed by atoms with Crippen molar-refractivity contribution in [2.45, 2.75) is 5.59 Å². The predicted molar refractivity (Wildman–Crippen MR) is 41.6 cm³/mol.